The van der Waals surface area contributed by atoms with Crippen LogP contribution in [0.1, 0.15) is 30.5 Å². The summed E-state index contributed by atoms with van der Waals surface area (Å²) in [5.74, 6) is 0.441. The number of ether oxygens (including phenoxy) is 1. The van der Waals surface area contributed by atoms with E-state index in [-0.39, 0.29) is 17.3 Å². The average Bonchev–Trinajstić information content (AvgIpc) is 2.85. The number of para-hydroxylation sites is 1. The maximum Gasteiger partial charge on any atom is 0.293 e. The van der Waals surface area contributed by atoms with E-state index in [1.807, 2.05) is 69.3 Å². The number of rotatable bonds is 5. The Bertz CT molecular complexity index is 873. The summed E-state index contributed by atoms with van der Waals surface area (Å²) < 4.78 is 5.79. The molecule has 1 saturated heterocycles. The number of nitrogens with zero attached hydrogens (tertiary/aromatic N) is 1. The SMILES string of the molecule is Cc1ccccc1CN1C(=O)S/C(=C\c2ccccc2OC(C)C)C1=O. The minimum Gasteiger partial charge on any atom is -0.490 e. The van der Waals surface area contributed by atoms with Gasteiger partial charge in [-0.2, -0.15) is 0 Å². The Balaban J connectivity index is 1.85. The molecule has 2 aromatic rings. The number of thioether (sulfide) groups is 1. The molecular weight excluding hydrogens is 346 g/mol. The van der Waals surface area contributed by atoms with Crippen LogP contribution in [0.2, 0.25) is 0 Å². The molecule has 2 amide bonds. The van der Waals surface area contributed by atoms with E-state index in [1.54, 1.807) is 6.08 Å². The number of carbonyl (C=O) groups is 2. The molecule has 26 heavy (non-hydrogen) atoms. The first kappa shape index (κ1) is 18.3. The molecule has 1 aliphatic heterocycles. The summed E-state index contributed by atoms with van der Waals surface area (Å²) in [6, 6.07) is 15.3. The van der Waals surface area contributed by atoms with Crippen molar-refractivity contribution in [2.75, 3.05) is 0 Å². The van der Waals surface area contributed by atoms with Crippen LogP contribution < -0.4 is 4.74 Å². The molecular formula is C21H21NO3S. The highest BCUT2D eigenvalue weighted by Crippen LogP contribution is 2.35. The minimum atomic E-state index is -0.261. The average molecular weight is 367 g/mol. The third kappa shape index (κ3) is 3.99. The Morgan fingerprint density at radius 3 is 2.50 bits per heavy atom. The summed E-state index contributed by atoms with van der Waals surface area (Å²) in [4.78, 5) is 26.8. The van der Waals surface area contributed by atoms with Gasteiger partial charge < -0.3 is 4.74 Å². The van der Waals surface area contributed by atoms with E-state index in [2.05, 4.69) is 0 Å². The van der Waals surface area contributed by atoms with Crippen molar-refractivity contribution in [1.82, 2.24) is 4.90 Å². The highest BCUT2D eigenvalue weighted by Gasteiger charge is 2.35. The quantitative estimate of drug-likeness (QED) is 0.696. The van der Waals surface area contributed by atoms with Gasteiger partial charge in [0.25, 0.3) is 11.1 Å². The number of amides is 2. The largest absolute Gasteiger partial charge is 0.490 e. The van der Waals surface area contributed by atoms with Crippen LogP contribution in [0.15, 0.2) is 53.4 Å². The first-order valence-corrected chi connectivity index (χ1v) is 9.33. The number of benzene rings is 2. The van der Waals surface area contributed by atoms with E-state index in [0.717, 1.165) is 28.5 Å². The molecule has 0 bridgehead atoms. The topological polar surface area (TPSA) is 46.6 Å². The maximum absolute atomic E-state index is 12.7. The van der Waals surface area contributed by atoms with Crippen molar-refractivity contribution in [3.63, 3.8) is 0 Å². The summed E-state index contributed by atoms with van der Waals surface area (Å²) in [6.45, 7) is 6.17. The Kier molecular flexibility index (Phi) is 5.47. The van der Waals surface area contributed by atoms with Crippen LogP contribution in [0.4, 0.5) is 4.79 Å². The van der Waals surface area contributed by atoms with Crippen molar-refractivity contribution in [2.24, 2.45) is 0 Å². The number of imide groups is 1. The lowest BCUT2D eigenvalue weighted by Crippen LogP contribution is -2.27. The van der Waals surface area contributed by atoms with Gasteiger partial charge in [-0.1, -0.05) is 42.5 Å². The molecule has 134 valence electrons. The Labute approximate surface area is 157 Å². The van der Waals surface area contributed by atoms with Crippen LogP contribution in [0.25, 0.3) is 6.08 Å². The summed E-state index contributed by atoms with van der Waals surface area (Å²) in [6.07, 6.45) is 1.76. The number of hydrogen-bond donors (Lipinski definition) is 0. The van der Waals surface area contributed by atoms with Crippen molar-refractivity contribution in [3.05, 3.63) is 70.1 Å². The monoisotopic (exact) mass is 367 g/mol. The van der Waals surface area contributed by atoms with Crippen molar-refractivity contribution >= 4 is 29.0 Å². The molecule has 1 heterocycles. The van der Waals surface area contributed by atoms with Gasteiger partial charge in [0.1, 0.15) is 5.75 Å². The van der Waals surface area contributed by atoms with Crippen LogP contribution in [-0.2, 0) is 11.3 Å². The summed E-state index contributed by atoms with van der Waals surface area (Å²) >= 11 is 0.972. The molecule has 1 fully saturated rings. The lowest BCUT2D eigenvalue weighted by atomic mass is 10.1. The zero-order valence-electron chi connectivity index (χ0n) is 15.1. The summed E-state index contributed by atoms with van der Waals surface area (Å²) in [5.41, 5.74) is 2.83. The second kappa shape index (κ2) is 7.79. The standard InChI is InChI=1S/C21H21NO3S/c1-14(2)25-18-11-7-6-9-16(18)12-19-20(23)22(21(24)26-19)13-17-10-5-4-8-15(17)3/h4-12,14H,13H2,1-3H3/b19-12-. The van der Waals surface area contributed by atoms with Crippen LogP contribution in [0.5, 0.6) is 5.75 Å². The first-order chi connectivity index (χ1) is 12.5. The Morgan fingerprint density at radius 2 is 1.77 bits per heavy atom. The number of hydrogen-bond acceptors (Lipinski definition) is 4. The van der Waals surface area contributed by atoms with Gasteiger partial charge in [-0.05, 0) is 55.8 Å². The number of aryl methyl sites for hydroxylation is 1. The second-order valence-electron chi connectivity index (χ2n) is 6.40. The molecule has 0 aliphatic carbocycles. The molecule has 5 heteroatoms. The lowest BCUT2D eigenvalue weighted by Gasteiger charge is -2.14. The molecule has 4 nitrogen and oxygen atoms in total. The van der Waals surface area contributed by atoms with Gasteiger partial charge in [0, 0.05) is 5.56 Å². The predicted octanol–water partition coefficient (Wildman–Crippen LogP) is 5.02. The lowest BCUT2D eigenvalue weighted by molar-refractivity contribution is -0.123. The van der Waals surface area contributed by atoms with E-state index in [0.29, 0.717) is 17.2 Å². The van der Waals surface area contributed by atoms with E-state index in [9.17, 15) is 9.59 Å². The molecule has 0 spiro atoms. The predicted molar refractivity (Wildman–Crippen MR) is 105 cm³/mol. The maximum atomic E-state index is 12.7. The van der Waals surface area contributed by atoms with E-state index < -0.39 is 0 Å². The van der Waals surface area contributed by atoms with Crippen LogP contribution >= 0.6 is 11.8 Å². The third-order valence-electron chi connectivity index (χ3n) is 4.03. The molecule has 3 rings (SSSR count). The van der Waals surface area contributed by atoms with Gasteiger partial charge in [0.05, 0.1) is 17.6 Å². The molecule has 0 unspecified atom stereocenters. The van der Waals surface area contributed by atoms with Crippen LogP contribution in [0.3, 0.4) is 0 Å². The van der Waals surface area contributed by atoms with Crippen LogP contribution in [0, 0.1) is 6.92 Å². The number of carbonyl (C=O) groups excluding carboxylic acids is 2. The summed E-state index contributed by atoms with van der Waals surface area (Å²) in [5, 5.41) is -0.244. The minimum absolute atomic E-state index is 0.0284. The van der Waals surface area contributed by atoms with E-state index >= 15 is 0 Å². The fourth-order valence-electron chi connectivity index (χ4n) is 2.70. The van der Waals surface area contributed by atoms with Crippen molar-refractivity contribution in [2.45, 2.75) is 33.4 Å². The van der Waals surface area contributed by atoms with Gasteiger partial charge in [-0.15, -0.1) is 0 Å². The molecule has 0 atom stereocenters. The van der Waals surface area contributed by atoms with Gasteiger partial charge >= 0.3 is 0 Å². The normalized spacial score (nSPS) is 16.0. The van der Waals surface area contributed by atoms with Gasteiger partial charge in [0.2, 0.25) is 0 Å². The van der Waals surface area contributed by atoms with Gasteiger partial charge in [0.15, 0.2) is 0 Å². The zero-order valence-corrected chi connectivity index (χ0v) is 15.9. The molecule has 0 radical (unpaired) electrons. The fraction of sp³-hybridized carbons (Fsp3) is 0.238. The van der Waals surface area contributed by atoms with E-state index in [1.165, 1.54) is 4.90 Å². The smallest absolute Gasteiger partial charge is 0.293 e. The molecule has 0 N–H and O–H groups in total. The van der Waals surface area contributed by atoms with Gasteiger partial charge in [-0.3, -0.25) is 14.5 Å². The van der Waals surface area contributed by atoms with Crippen LogP contribution in [-0.4, -0.2) is 22.2 Å². The highest BCUT2D eigenvalue weighted by molar-refractivity contribution is 8.18. The van der Waals surface area contributed by atoms with Crippen molar-refractivity contribution in [1.29, 1.82) is 0 Å². The highest BCUT2D eigenvalue weighted by atomic mass is 32.2. The summed E-state index contributed by atoms with van der Waals surface area (Å²) in [7, 11) is 0. The second-order valence-corrected chi connectivity index (χ2v) is 7.39. The van der Waals surface area contributed by atoms with Crippen molar-refractivity contribution in [3.8, 4) is 5.75 Å². The fourth-order valence-corrected chi connectivity index (χ4v) is 3.53. The third-order valence-corrected chi connectivity index (χ3v) is 4.94. The molecule has 0 aromatic heterocycles. The molecule has 2 aromatic carbocycles. The molecule has 1 aliphatic rings. The van der Waals surface area contributed by atoms with Gasteiger partial charge in [-0.25, -0.2) is 0 Å². The molecule has 0 saturated carbocycles. The van der Waals surface area contributed by atoms with Crippen molar-refractivity contribution < 1.29 is 14.3 Å². The Morgan fingerprint density at radius 1 is 1.08 bits per heavy atom. The Hall–Kier alpha value is -2.53. The zero-order chi connectivity index (χ0) is 18.7. The van der Waals surface area contributed by atoms with E-state index in [4.69, 9.17) is 4.74 Å². The first-order valence-electron chi connectivity index (χ1n) is 8.51.